The Morgan fingerprint density at radius 3 is 2.37 bits per heavy atom. The number of halogens is 3. The van der Waals surface area contributed by atoms with Crippen LogP contribution in [0, 0.1) is 0 Å². The first kappa shape index (κ1) is 21.6. The van der Waals surface area contributed by atoms with Gasteiger partial charge in [-0.15, -0.1) is 0 Å². The van der Waals surface area contributed by atoms with Crippen molar-refractivity contribution in [1.29, 1.82) is 0 Å². The van der Waals surface area contributed by atoms with E-state index in [4.69, 9.17) is 14.9 Å². The van der Waals surface area contributed by atoms with E-state index in [-0.39, 0.29) is 11.3 Å². The number of benzene rings is 1. The summed E-state index contributed by atoms with van der Waals surface area (Å²) >= 11 is 0. The molecule has 1 unspecified atom stereocenters. The molecule has 4 rings (SSSR count). The van der Waals surface area contributed by atoms with Crippen molar-refractivity contribution in [3.05, 3.63) is 59.9 Å². The van der Waals surface area contributed by atoms with E-state index in [1.165, 1.54) is 16.9 Å². The second kappa shape index (κ2) is 8.33. The summed E-state index contributed by atoms with van der Waals surface area (Å²) in [4.78, 5) is 29.7. The number of carbonyl (C=O) groups is 2. The molecule has 3 heterocycles. The fraction of sp³-hybridized carbons (Fsp3) is 0.381. The average Bonchev–Trinajstić information content (AvgIpc) is 3.26. The lowest BCUT2D eigenvalue weighted by Crippen LogP contribution is -2.37. The lowest BCUT2D eigenvalue weighted by molar-refractivity contribution is -0.192. The molecule has 1 fully saturated rings. The van der Waals surface area contributed by atoms with E-state index in [2.05, 4.69) is 35.2 Å². The monoisotopic (exact) mass is 421 g/mol. The minimum atomic E-state index is -5.08. The molecular weight excluding hydrogens is 399 g/mol. The molecule has 9 heteroatoms. The van der Waals surface area contributed by atoms with Gasteiger partial charge >= 0.3 is 12.1 Å². The van der Waals surface area contributed by atoms with Gasteiger partial charge in [0.15, 0.2) is 0 Å². The SMILES string of the molecule is CC(=O)N1CCC2(C1)CN(Cc1ccccc1)c1cccnc12.O=C(O)C(F)(F)F. The molecule has 1 N–H and O–H groups in total. The molecule has 1 atom stereocenters. The van der Waals surface area contributed by atoms with Gasteiger partial charge in [-0.1, -0.05) is 30.3 Å². The molecule has 6 nitrogen and oxygen atoms in total. The largest absolute Gasteiger partial charge is 0.490 e. The molecule has 1 amide bonds. The van der Waals surface area contributed by atoms with E-state index >= 15 is 0 Å². The third-order valence-corrected chi connectivity index (χ3v) is 5.38. The van der Waals surface area contributed by atoms with Crippen LogP contribution in [0.1, 0.15) is 24.6 Å². The Balaban J connectivity index is 0.000000318. The molecule has 1 spiro atoms. The minimum Gasteiger partial charge on any atom is -0.475 e. The Kier molecular flexibility index (Phi) is 6.00. The summed E-state index contributed by atoms with van der Waals surface area (Å²) in [6.07, 6.45) is -2.20. The maximum Gasteiger partial charge on any atom is 0.490 e. The number of anilines is 1. The zero-order valence-electron chi connectivity index (χ0n) is 16.4. The summed E-state index contributed by atoms with van der Waals surface area (Å²) in [5.74, 6) is -2.59. The number of aliphatic carboxylic acids is 1. The maximum absolute atomic E-state index is 11.8. The number of rotatable bonds is 2. The van der Waals surface area contributed by atoms with Gasteiger partial charge in [0.25, 0.3) is 0 Å². The van der Waals surface area contributed by atoms with Gasteiger partial charge in [0.2, 0.25) is 5.91 Å². The molecule has 0 bridgehead atoms. The number of aromatic nitrogens is 1. The normalized spacial score (nSPS) is 20.0. The number of carboxylic acid groups (broad SMARTS) is 1. The van der Waals surface area contributed by atoms with Crippen LogP contribution in [-0.2, 0) is 21.5 Å². The van der Waals surface area contributed by atoms with E-state index < -0.39 is 12.1 Å². The van der Waals surface area contributed by atoms with Gasteiger partial charge in [-0.05, 0) is 24.1 Å². The van der Waals surface area contributed by atoms with Crippen LogP contribution in [0.25, 0.3) is 0 Å². The van der Waals surface area contributed by atoms with Crippen molar-refractivity contribution in [1.82, 2.24) is 9.88 Å². The summed E-state index contributed by atoms with van der Waals surface area (Å²) in [6, 6.07) is 14.7. The molecule has 2 aromatic rings. The molecule has 1 aromatic heterocycles. The Morgan fingerprint density at radius 1 is 1.13 bits per heavy atom. The predicted molar refractivity (Wildman–Crippen MR) is 104 cm³/mol. The van der Waals surface area contributed by atoms with Gasteiger partial charge in [0.1, 0.15) is 0 Å². The number of likely N-dealkylation sites (tertiary alicyclic amines) is 1. The quantitative estimate of drug-likeness (QED) is 0.806. The topological polar surface area (TPSA) is 73.7 Å². The van der Waals surface area contributed by atoms with E-state index in [9.17, 15) is 18.0 Å². The van der Waals surface area contributed by atoms with Crippen LogP contribution >= 0.6 is 0 Å². The van der Waals surface area contributed by atoms with Crippen LogP contribution < -0.4 is 4.90 Å². The Morgan fingerprint density at radius 2 is 1.80 bits per heavy atom. The lowest BCUT2D eigenvalue weighted by atomic mass is 9.85. The lowest BCUT2D eigenvalue weighted by Gasteiger charge is -2.25. The van der Waals surface area contributed by atoms with Gasteiger partial charge in [-0.2, -0.15) is 13.2 Å². The minimum absolute atomic E-state index is 0.00293. The number of carboxylic acids is 1. The zero-order chi connectivity index (χ0) is 21.9. The smallest absolute Gasteiger partial charge is 0.475 e. The Hall–Kier alpha value is -3.10. The van der Waals surface area contributed by atoms with E-state index in [0.717, 1.165) is 32.6 Å². The van der Waals surface area contributed by atoms with Gasteiger partial charge in [0.05, 0.1) is 16.8 Å². The highest BCUT2D eigenvalue weighted by Gasteiger charge is 2.48. The third kappa shape index (κ3) is 4.55. The molecule has 1 saturated heterocycles. The van der Waals surface area contributed by atoms with Crippen LogP contribution in [0.5, 0.6) is 0 Å². The molecule has 2 aliphatic rings. The van der Waals surface area contributed by atoms with E-state index in [1.54, 1.807) is 6.92 Å². The average molecular weight is 421 g/mol. The number of nitrogens with zero attached hydrogens (tertiary/aromatic N) is 3. The van der Waals surface area contributed by atoms with Crippen molar-refractivity contribution >= 4 is 17.6 Å². The van der Waals surface area contributed by atoms with E-state index in [0.29, 0.717) is 0 Å². The van der Waals surface area contributed by atoms with Gasteiger partial charge < -0.3 is 14.9 Å². The second-order valence-corrected chi connectivity index (χ2v) is 7.49. The number of amides is 1. The number of hydrogen-bond donors (Lipinski definition) is 1. The highest BCUT2D eigenvalue weighted by molar-refractivity contribution is 5.74. The summed E-state index contributed by atoms with van der Waals surface area (Å²) in [7, 11) is 0. The van der Waals surface area contributed by atoms with Crippen molar-refractivity contribution in [3.8, 4) is 0 Å². The summed E-state index contributed by atoms with van der Waals surface area (Å²) in [6.45, 7) is 5.12. The van der Waals surface area contributed by atoms with Crippen molar-refractivity contribution in [3.63, 3.8) is 0 Å². The molecule has 30 heavy (non-hydrogen) atoms. The van der Waals surface area contributed by atoms with Crippen molar-refractivity contribution < 1.29 is 27.9 Å². The van der Waals surface area contributed by atoms with Crippen molar-refractivity contribution in [2.24, 2.45) is 0 Å². The van der Waals surface area contributed by atoms with Crippen LogP contribution in [0.4, 0.5) is 18.9 Å². The standard InChI is InChI=1S/C19H21N3O.C2HF3O2/c1-15(23)21-11-9-19(13-21)14-22(12-16-6-3-2-4-7-16)17-8-5-10-20-18(17)19;3-2(4,5)1(6)7/h2-8,10H,9,11-14H2,1H3;(H,6,7). The van der Waals surface area contributed by atoms with Gasteiger partial charge in [-0.25, -0.2) is 4.79 Å². The first-order valence-corrected chi connectivity index (χ1v) is 9.42. The molecular formula is C21H22F3N3O3. The number of alkyl halides is 3. The molecule has 0 saturated carbocycles. The maximum atomic E-state index is 11.8. The predicted octanol–water partition coefficient (Wildman–Crippen LogP) is 3.23. The summed E-state index contributed by atoms with van der Waals surface area (Å²) in [5, 5.41) is 7.12. The molecule has 160 valence electrons. The van der Waals surface area contributed by atoms with Crippen LogP contribution in [-0.4, -0.2) is 52.7 Å². The number of carbonyl (C=O) groups excluding carboxylic acids is 1. The van der Waals surface area contributed by atoms with Crippen molar-refractivity contribution in [2.45, 2.75) is 31.5 Å². The number of pyridine rings is 1. The first-order valence-electron chi connectivity index (χ1n) is 9.42. The van der Waals surface area contributed by atoms with Crippen molar-refractivity contribution in [2.75, 3.05) is 24.5 Å². The third-order valence-electron chi connectivity index (χ3n) is 5.38. The zero-order valence-corrected chi connectivity index (χ0v) is 16.4. The number of fused-ring (bicyclic) bond motifs is 2. The van der Waals surface area contributed by atoms with Crippen LogP contribution in [0.3, 0.4) is 0 Å². The highest BCUT2D eigenvalue weighted by atomic mass is 19.4. The van der Waals surface area contributed by atoms with E-state index in [1.807, 2.05) is 23.2 Å². The van der Waals surface area contributed by atoms with Gasteiger partial charge in [0, 0.05) is 39.3 Å². The summed E-state index contributed by atoms with van der Waals surface area (Å²) < 4.78 is 31.7. The molecule has 2 aliphatic heterocycles. The summed E-state index contributed by atoms with van der Waals surface area (Å²) in [5.41, 5.74) is 3.69. The highest BCUT2D eigenvalue weighted by Crippen LogP contribution is 2.45. The fourth-order valence-electron chi connectivity index (χ4n) is 3.99. The molecule has 0 radical (unpaired) electrons. The Labute approximate surface area is 171 Å². The molecule has 1 aromatic carbocycles. The Bertz CT molecular complexity index is 920. The van der Waals surface area contributed by atoms with Gasteiger partial charge in [-0.3, -0.25) is 9.78 Å². The fourth-order valence-corrected chi connectivity index (χ4v) is 3.99. The molecule has 0 aliphatic carbocycles. The second-order valence-electron chi connectivity index (χ2n) is 7.49. The number of hydrogen-bond acceptors (Lipinski definition) is 4. The van der Waals surface area contributed by atoms with Crippen LogP contribution in [0.2, 0.25) is 0 Å². The first-order chi connectivity index (χ1) is 14.1. The van der Waals surface area contributed by atoms with Crippen LogP contribution in [0.15, 0.2) is 48.7 Å².